The molecule has 3 nitrogen and oxygen atoms in total. The molecule has 0 unspecified atom stereocenters. The van der Waals surface area contributed by atoms with Crippen LogP contribution in [0, 0.1) is 12.8 Å². The summed E-state index contributed by atoms with van der Waals surface area (Å²) in [5.41, 5.74) is 2.56. The second-order valence-corrected chi connectivity index (χ2v) is 7.09. The maximum Gasteiger partial charge on any atom is 0.235 e. The zero-order chi connectivity index (χ0) is 16.6. The monoisotopic (exact) mass is 344 g/mol. The van der Waals surface area contributed by atoms with Gasteiger partial charge in [-0.3, -0.25) is 9.69 Å². The minimum Gasteiger partial charge on any atom is -0.274 e. The highest BCUT2D eigenvalue weighted by molar-refractivity contribution is 7.22. The van der Waals surface area contributed by atoms with Crippen LogP contribution in [0.2, 0.25) is 5.02 Å². The highest BCUT2D eigenvalue weighted by atomic mass is 35.5. The maximum absolute atomic E-state index is 12.8. The van der Waals surface area contributed by atoms with Gasteiger partial charge >= 0.3 is 0 Å². The minimum atomic E-state index is -0.139. The van der Waals surface area contributed by atoms with Gasteiger partial charge in [0.15, 0.2) is 5.13 Å². The molecule has 0 saturated carbocycles. The summed E-state index contributed by atoms with van der Waals surface area (Å²) < 4.78 is 1.06. The highest BCUT2D eigenvalue weighted by Crippen LogP contribution is 2.37. The average Bonchev–Trinajstić information content (AvgIpc) is 2.95. The van der Waals surface area contributed by atoms with E-state index in [0.717, 1.165) is 21.5 Å². The first-order chi connectivity index (χ1) is 11.0. The van der Waals surface area contributed by atoms with Crippen molar-refractivity contribution in [3.63, 3.8) is 0 Å². The molecule has 23 heavy (non-hydrogen) atoms. The molecular weight excluding hydrogens is 328 g/mol. The Morgan fingerprint density at radius 2 is 1.91 bits per heavy atom. The summed E-state index contributed by atoms with van der Waals surface area (Å²) in [4.78, 5) is 19.2. The number of para-hydroxylation sites is 1. The van der Waals surface area contributed by atoms with Crippen molar-refractivity contribution >= 4 is 49.9 Å². The van der Waals surface area contributed by atoms with Crippen LogP contribution in [0.15, 0.2) is 42.5 Å². The zero-order valence-corrected chi connectivity index (χ0v) is 14.8. The Morgan fingerprint density at radius 1 is 1.17 bits per heavy atom. The molecule has 0 aliphatic rings. The second kappa shape index (κ2) is 6.30. The maximum atomic E-state index is 12.8. The van der Waals surface area contributed by atoms with Crippen LogP contribution in [0.4, 0.5) is 10.8 Å². The van der Waals surface area contributed by atoms with Gasteiger partial charge in [0, 0.05) is 10.9 Å². The van der Waals surface area contributed by atoms with E-state index in [-0.39, 0.29) is 11.8 Å². The first kappa shape index (κ1) is 16.0. The zero-order valence-electron chi connectivity index (χ0n) is 13.2. The third kappa shape index (κ3) is 2.96. The number of thiazole rings is 1. The standard InChI is InChI=1S/C18H17ClN2OS/c1-11(2)17(22)21(15-9-6-7-13(19)12(15)3)18-20-14-8-4-5-10-16(14)23-18/h4-11H,1-3H3. The molecule has 5 heteroatoms. The van der Waals surface area contributed by atoms with Gasteiger partial charge in [-0.05, 0) is 36.8 Å². The molecule has 3 aromatic rings. The summed E-state index contributed by atoms with van der Waals surface area (Å²) in [6.45, 7) is 5.71. The lowest BCUT2D eigenvalue weighted by atomic mass is 10.1. The van der Waals surface area contributed by atoms with E-state index in [2.05, 4.69) is 4.98 Å². The van der Waals surface area contributed by atoms with Gasteiger partial charge in [0.1, 0.15) is 0 Å². The number of carbonyl (C=O) groups excluding carboxylic acids is 1. The molecule has 0 fully saturated rings. The topological polar surface area (TPSA) is 33.2 Å². The van der Waals surface area contributed by atoms with Crippen LogP contribution in [0.25, 0.3) is 10.2 Å². The Hall–Kier alpha value is -1.91. The fourth-order valence-corrected chi connectivity index (χ4v) is 3.52. The second-order valence-electron chi connectivity index (χ2n) is 5.68. The lowest BCUT2D eigenvalue weighted by molar-refractivity contribution is -0.120. The lowest BCUT2D eigenvalue weighted by Gasteiger charge is -2.24. The van der Waals surface area contributed by atoms with E-state index in [1.54, 1.807) is 4.90 Å². The van der Waals surface area contributed by atoms with Crippen LogP contribution in [0.5, 0.6) is 0 Å². The fraction of sp³-hybridized carbons (Fsp3) is 0.222. The van der Waals surface area contributed by atoms with E-state index in [1.165, 1.54) is 11.3 Å². The van der Waals surface area contributed by atoms with Crippen molar-refractivity contribution in [3.8, 4) is 0 Å². The van der Waals surface area contributed by atoms with E-state index in [1.807, 2.05) is 63.2 Å². The molecule has 0 N–H and O–H groups in total. The lowest BCUT2D eigenvalue weighted by Crippen LogP contribution is -2.30. The Bertz CT molecular complexity index is 839. The first-order valence-electron chi connectivity index (χ1n) is 7.43. The van der Waals surface area contributed by atoms with E-state index >= 15 is 0 Å². The van der Waals surface area contributed by atoms with Gasteiger partial charge in [-0.2, -0.15) is 0 Å². The van der Waals surface area contributed by atoms with Crippen molar-refractivity contribution in [3.05, 3.63) is 53.1 Å². The molecular formula is C18H17ClN2OS. The van der Waals surface area contributed by atoms with Gasteiger partial charge in [-0.15, -0.1) is 0 Å². The molecule has 118 valence electrons. The number of nitrogens with zero attached hydrogens (tertiary/aromatic N) is 2. The number of carbonyl (C=O) groups is 1. The van der Waals surface area contributed by atoms with Gasteiger partial charge in [-0.1, -0.05) is 55.0 Å². The molecule has 2 aromatic carbocycles. The summed E-state index contributed by atoms with van der Waals surface area (Å²) in [6, 6.07) is 13.5. The number of hydrogen-bond acceptors (Lipinski definition) is 3. The Labute approximate surface area is 144 Å². The summed E-state index contributed by atoms with van der Waals surface area (Å²) in [7, 11) is 0. The normalized spacial score (nSPS) is 11.2. The van der Waals surface area contributed by atoms with E-state index in [4.69, 9.17) is 11.6 Å². The first-order valence-corrected chi connectivity index (χ1v) is 8.63. The predicted molar refractivity (Wildman–Crippen MR) is 97.8 cm³/mol. The molecule has 0 aliphatic carbocycles. The minimum absolute atomic E-state index is 0.00872. The number of rotatable bonds is 3. The molecule has 0 saturated heterocycles. The van der Waals surface area contributed by atoms with Crippen molar-refractivity contribution in [2.45, 2.75) is 20.8 Å². The van der Waals surface area contributed by atoms with Gasteiger partial charge < -0.3 is 0 Å². The molecule has 1 aromatic heterocycles. The predicted octanol–water partition coefficient (Wildman–Crippen LogP) is 5.58. The van der Waals surface area contributed by atoms with Gasteiger partial charge in [0.05, 0.1) is 15.9 Å². The van der Waals surface area contributed by atoms with Crippen molar-refractivity contribution in [1.29, 1.82) is 0 Å². The van der Waals surface area contributed by atoms with E-state index in [0.29, 0.717) is 10.2 Å². The highest BCUT2D eigenvalue weighted by Gasteiger charge is 2.25. The number of anilines is 2. The summed E-state index contributed by atoms with van der Waals surface area (Å²) in [5, 5.41) is 1.32. The quantitative estimate of drug-likeness (QED) is 0.621. The number of fused-ring (bicyclic) bond motifs is 1. The van der Waals surface area contributed by atoms with Crippen LogP contribution >= 0.6 is 22.9 Å². The summed E-state index contributed by atoms with van der Waals surface area (Å²) >= 11 is 7.76. The summed E-state index contributed by atoms with van der Waals surface area (Å²) in [6.07, 6.45) is 0. The van der Waals surface area contributed by atoms with E-state index in [9.17, 15) is 4.79 Å². The third-order valence-electron chi connectivity index (χ3n) is 3.67. The average molecular weight is 345 g/mol. The van der Waals surface area contributed by atoms with E-state index < -0.39 is 0 Å². The van der Waals surface area contributed by atoms with Gasteiger partial charge in [0.2, 0.25) is 5.91 Å². The third-order valence-corrected chi connectivity index (χ3v) is 5.10. The van der Waals surface area contributed by atoms with Crippen LogP contribution < -0.4 is 4.90 Å². The van der Waals surface area contributed by atoms with Crippen LogP contribution in [0.3, 0.4) is 0 Å². The Balaban J connectivity index is 2.19. The Kier molecular flexibility index (Phi) is 4.37. The molecule has 1 amide bonds. The van der Waals surface area contributed by atoms with Crippen molar-refractivity contribution < 1.29 is 4.79 Å². The largest absolute Gasteiger partial charge is 0.274 e. The van der Waals surface area contributed by atoms with Gasteiger partial charge in [-0.25, -0.2) is 4.98 Å². The number of amides is 1. The van der Waals surface area contributed by atoms with Crippen molar-refractivity contribution in [1.82, 2.24) is 4.98 Å². The number of halogens is 1. The number of benzene rings is 2. The Morgan fingerprint density at radius 3 is 2.61 bits per heavy atom. The fourth-order valence-electron chi connectivity index (χ4n) is 2.37. The molecule has 1 heterocycles. The summed E-state index contributed by atoms with van der Waals surface area (Å²) in [5.74, 6) is -0.130. The smallest absolute Gasteiger partial charge is 0.235 e. The SMILES string of the molecule is Cc1c(Cl)cccc1N(C(=O)C(C)C)c1nc2ccccc2s1. The van der Waals surface area contributed by atoms with Crippen molar-refractivity contribution in [2.75, 3.05) is 4.90 Å². The molecule has 0 spiro atoms. The van der Waals surface area contributed by atoms with Crippen LogP contribution in [-0.2, 0) is 4.79 Å². The molecule has 0 radical (unpaired) electrons. The van der Waals surface area contributed by atoms with Crippen LogP contribution in [-0.4, -0.2) is 10.9 Å². The molecule has 3 rings (SSSR count). The number of aromatic nitrogens is 1. The van der Waals surface area contributed by atoms with Crippen LogP contribution in [0.1, 0.15) is 19.4 Å². The van der Waals surface area contributed by atoms with Gasteiger partial charge in [0.25, 0.3) is 0 Å². The molecule has 0 aliphatic heterocycles. The molecule has 0 atom stereocenters. The van der Waals surface area contributed by atoms with Crippen molar-refractivity contribution in [2.24, 2.45) is 5.92 Å². The molecule has 0 bridgehead atoms. The number of hydrogen-bond donors (Lipinski definition) is 0.